The van der Waals surface area contributed by atoms with Crippen molar-refractivity contribution < 1.29 is 9.53 Å². The van der Waals surface area contributed by atoms with E-state index >= 15 is 0 Å². The predicted molar refractivity (Wildman–Crippen MR) is 102 cm³/mol. The normalized spacial score (nSPS) is 10.2. The molecule has 2 aromatic carbocycles. The van der Waals surface area contributed by atoms with E-state index < -0.39 is 5.97 Å². The van der Waals surface area contributed by atoms with Crippen molar-refractivity contribution in [1.29, 1.82) is 0 Å². The van der Waals surface area contributed by atoms with E-state index in [0.717, 1.165) is 5.56 Å². The molecule has 0 fully saturated rings. The Labute approximate surface area is 156 Å². The third kappa shape index (κ3) is 4.49. The number of esters is 1. The van der Waals surface area contributed by atoms with E-state index in [1.54, 1.807) is 24.3 Å². The molecule has 2 N–H and O–H groups in total. The van der Waals surface area contributed by atoms with Crippen LogP contribution in [-0.2, 0) is 11.3 Å². The number of hydrogen-bond donors (Lipinski definition) is 2. The highest BCUT2D eigenvalue weighted by Crippen LogP contribution is 2.26. The smallest absolute Gasteiger partial charge is 0.337 e. The van der Waals surface area contributed by atoms with E-state index in [4.69, 9.17) is 16.3 Å². The van der Waals surface area contributed by atoms with Crippen molar-refractivity contribution in [2.75, 3.05) is 17.7 Å². The summed E-state index contributed by atoms with van der Waals surface area (Å²) in [6.45, 7) is 0.649. The lowest BCUT2D eigenvalue weighted by molar-refractivity contribution is 0.0601. The number of carbonyl (C=O) groups excluding carboxylic acids is 1. The molecule has 0 spiro atoms. The van der Waals surface area contributed by atoms with Crippen LogP contribution in [0.1, 0.15) is 15.9 Å². The van der Waals surface area contributed by atoms with Gasteiger partial charge < -0.3 is 15.4 Å². The largest absolute Gasteiger partial charge is 0.465 e. The molecule has 7 heteroatoms. The number of benzene rings is 2. The Hall–Kier alpha value is -3.12. The van der Waals surface area contributed by atoms with Crippen LogP contribution >= 0.6 is 11.6 Å². The highest BCUT2D eigenvalue weighted by Gasteiger charge is 2.10. The van der Waals surface area contributed by atoms with Crippen LogP contribution in [-0.4, -0.2) is 23.0 Å². The topological polar surface area (TPSA) is 76.1 Å². The van der Waals surface area contributed by atoms with Gasteiger partial charge >= 0.3 is 5.97 Å². The molecular weight excluding hydrogens is 352 g/mol. The zero-order valence-electron chi connectivity index (χ0n) is 14.1. The molecule has 0 radical (unpaired) electrons. The summed E-state index contributed by atoms with van der Waals surface area (Å²) in [4.78, 5) is 20.1. The molecule has 1 heterocycles. The molecule has 0 aliphatic heterocycles. The monoisotopic (exact) mass is 368 g/mol. The van der Waals surface area contributed by atoms with Gasteiger partial charge in [-0.1, -0.05) is 41.9 Å². The van der Waals surface area contributed by atoms with Crippen LogP contribution in [0.25, 0.3) is 0 Å². The lowest BCUT2D eigenvalue weighted by Crippen LogP contribution is -2.04. The van der Waals surface area contributed by atoms with Crippen LogP contribution in [0.3, 0.4) is 0 Å². The van der Waals surface area contributed by atoms with E-state index in [-0.39, 0.29) is 0 Å². The number of rotatable bonds is 6. The highest BCUT2D eigenvalue weighted by molar-refractivity contribution is 6.33. The summed E-state index contributed by atoms with van der Waals surface area (Å²) in [7, 11) is 1.33. The molecule has 1 aromatic heterocycles. The van der Waals surface area contributed by atoms with E-state index in [9.17, 15) is 4.79 Å². The van der Waals surface area contributed by atoms with E-state index in [0.29, 0.717) is 34.5 Å². The summed E-state index contributed by atoms with van der Waals surface area (Å²) in [5.74, 6) is 0.795. The van der Waals surface area contributed by atoms with Crippen molar-refractivity contribution in [2.24, 2.45) is 0 Å². The number of aromatic nitrogens is 2. The Balaban J connectivity index is 1.73. The first-order valence-corrected chi connectivity index (χ1v) is 8.28. The molecule has 3 aromatic rings. The summed E-state index contributed by atoms with van der Waals surface area (Å²) in [5.41, 5.74) is 2.10. The van der Waals surface area contributed by atoms with Gasteiger partial charge in [-0.15, -0.1) is 0 Å². The van der Waals surface area contributed by atoms with Gasteiger partial charge in [-0.3, -0.25) is 0 Å². The van der Waals surface area contributed by atoms with Crippen LogP contribution in [0, 0.1) is 0 Å². The summed E-state index contributed by atoms with van der Waals surface area (Å²) in [5, 5.41) is 6.81. The summed E-state index contributed by atoms with van der Waals surface area (Å²) in [6, 6.07) is 16.6. The Morgan fingerprint density at radius 1 is 1.08 bits per heavy atom. The maximum Gasteiger partial charge on any atom is 0.337 e. The Kier molecular flexibility index (Phi) is 5.66. The molecule has 0 bridgehead atoms. The van der Waals surface area contributed by atoms with Gasteiger partial charge in [0.15, 0.2) is 0 Å². The van der Waals surface area contributed by atoms with Gasteiger partial charge in [-0.2, -0.15) is 0 Å². The highest BCUT2D eigenvalue weighted by atomic mass is 35.5. The Morgan fingerprint density at radius 3 is 2.62 bits per heavy atom. The van der Waals surface area contributed by atoms with E-state index in [1.165, 1.54) is 13.4 Å². The number of halogens is 1. The fourth-order valence-electron chi connectivity index (χ4n) is 2.31. The molecule has 0 unspecified atom stereocenters. The van der Waals surface area contributed by atoms with Crippen molar-refractivity contribution in [3.05, 3.63) is 77.1 Å². The minimum Gasteiger partial charge on any atom is -0.465 e. The standard InChI is InChI=1S/C19H17ClN4O2/c1-26-19(25)14-7-8-15(20)16(9-14)24-18-10-17(22-12-23-18)21-11-13-5-3-2-4-6-13/h2-10,12H,11H2,1H3,(H2,21,22,23,24). The van der Waals surface area contributed by atoms with E-state index in [2.05, 4.69) is 20.6 Å². The number of methoxy groups -OCH3 is 1. The van der Waals surface area contributed by atoms with Gasteiger partial charge in [0.1, 0.15) is 18.0 Å². The summed E-state index contributed by atoms with van der Waals surface area (Å²) >= 11 is 6.20. The molecule has 0 aliphatic carbocycles. The molecule has 6 nitrogen and oxygen atoms in total. The van der Waals surface area contributed by atoms with Crippen LogP contribution < -0.4 is 10.6 Å². The van der Waals surface area contributed by atoms with Crippen LogP contribution in [0.15, 0.2) is 60.9 Å². The molecule has 0 atom stereocenters. The molecule has 0 saturated carbocycles. The Morgan fingerprint density at radius 2 is 1.85 bits per heavy atom. The number of hydrogen-bond acceptors (Lipinski definition) is 6. The predicted octanol–water partition coefficient (Wildman–Crippen LogP) is 4.27. The third-order valence-electron chi connectivity index (χ3n) is 3.63. The molecule has 0 aliphatic rings. The van der Waals surface area contributed by atoms with Gasteiger partial charge in [-0.25, -0.2) is 14.8 Å². The number of anilines is 3. The fourth-order valence-corrected chi connectivity index (χ4v) is 2.48. The molecule has 26 heavy (non-hydrogen) atoms. The van der Waals surface area contributed by atoms with Crippen molar-refractivity contribution in [3.8, 4) is 0 Å². The minimum atomic E-state index is -0.433. The molecule has 0 saturated heterocycles. The summed E-state index contributed by atoms with van der Waals surface area (Å²) < 4.78 is 4.73. The van der Waals surface area contributed by atoms with Crippen molar-refractivity contribution >= 4 is 34.9 Å². The van der Waals surface area contributed by atoms with Gasteiger partial charge in [0.25, 0.3) is 0 Å². The maximum absolute atomic E-state index is 11.7. The average Bonchev–Trinajstić information content (AvgIpc) is 2.68. The van der Waals surface area contributed by atoms with Gasteiger partial charge in [0, 0.05) is 12.6 Å². The quantitative estimate of drug-likeness (QED) is 0.633. The zero-order valence-corrected chi connectivity index (χ0v) is 14.8. The fraction of sp³-hybridized carbons (Fsp3) is 0.105. The maximum atomic E-state index is 11.7. The lowest BCUT2D eigenvalue weighted by Gasteiger charge is -2.11. The molecular formula is C19H17ClN4O2. The number of ether oxygens (including phenoxy) is 1. The minimum absolute atomic E-state index is 0.399. The second kappa shape index (κ2) is 8.31. The number of carbonyl (C=O) groups is 1. The van der Waals surface area contributed by atoms with Crippen molar-refractivity contribution in [3.63, 3.8) is 0 Å². The van der Waals surface area contributed by atoms with Gasteiger partial charge in [-0.05, 0) is 23.8 Å². The lowest BCUT2D eigenvalue weighted by atomic mass is 10.2. The first-order valence-electron chi connectivity index (χ1n) is 7.90. The number of nitrogens with zero attached hydrogens (tertiary/aromatic N) is 2. The van der Waals surface area contributed by atoms with Crippen LogP contribution in [0.2, 0.25) is 5.02 Å². The summed E-state index contributed by atoms with van der Waals surface area (Å²) in [6.07, 6.45) is 1.45. The average molecular weight is 369 g/mol. The Bertz CT molecular complexity index is 903. The van der Waals surface area contributed by atoms with Crippen LogP contribution in [0.5, 0.6) is 0 Å². The second-order valence-electron chi connectivity index (χ2n) is 5.44. The first-order chi connectivity index (χ1) is 12.7. The molecule has 3 rings (SSSR count). The van der Waals surface area contributed by atoms with Crippen LogP contribution in [0.4, 0.5) is 17.3 Å². The van der Waals surface area contributed by atoms with E-state index in [1.807, 2.05) is 30.3 Å². The molecule has 0 amide bonds. The molecule has 132 valence electrons. The third-order valence-corrected chi connectivity index (χ3v) is 3.96. The first kappa shape index (κ1) is 17.7. The van der Waals surface area contributed by atoms with Crippen molar-refractivity contribution in [2.45, 2.75) is 6.54 Å². The van der Waals surface area contributed by atoms with Gasteiger partial charge in [0.05, 0.1) is 23.4 Å². The zero-order chi connectivity index (χ0) is 18.4. The van der Waals surface area contributed by atoms with Gasteiger partial charge in [0.2, 0.25) is 0 Å². The van der Waals surface area contributed by atoms with Crippen molar-refractivity contribution in [1.82, 2.24) is 9.97 Å². The number of nitrogens with one attached hydrogen (secondary N) is 2. The second-order valence-corrected chi connectivity index (χ2v) is 5.85. The SMILES string of the molecule is COC(=O)c1ccc(Cl)c(Nc2cc(NCc3ccccc3)ncn2)c1.